The van der Waals surface area contributed by atoms with Crippen LogP contribution in [0.4, 0.5) is 5.69 Å². The lowest BCUT2D eigenvalue weighted by atomic mass is 9.97. The second kappa shape index (κ2) is 6.23. The molecule has 4 nitrogen and oxygen atoms in total. The van der Waals surface area contributed by atoms with Gasteiger partial charge in [-0.05, 0) is 11.8 Å². The lowest BCUT2D eigenvalue weighted by molar-refractivity contribution is 0.442. The van der Waals surface area contributed by atoms with E-state index in [-0.39, 0.29) is 16.0 Å². The van der Waals surface area contributed by atoms with Gasteiger partial charge in [-0.1, -0.05) is 45.7 Å². The van der Waals surface area contributed by atoms with Crippen molar-refractivity contribution >= 4 is 17.3 Å². The van der Waals surface area contributed by atoms with Crippen molar-refractivity contribution in [3.05, 3.63) is 21.6 Å². The Morgan fingerprint density at radius 2 is 2.11 bits per heavy atom. The van der Waals surface area contributed by atoms with Gasteiger partial charge in [0.05, 0.1) is 11.9 Å². The lowest BCUT2D eigenvalue weighted by Gasteiger charge is -2.20. The molecule has 0 bridgehead atoms. The molecule has 1 N–H and O–H groups in total. The van der Waals surface area contributed by atoms with Crippen LogP contribution in [0.3, 0.4) is 0 Å². The Kier molecular flexibility index (Phi) is 5.20. The Bertz CT molecular complexity index is 449. The second-order valence-corrected chi connectivity index (χ2v) is 6.05. The molecule has 0 aliphatic carbocycles. The molecule has 0 saturated heterocycles. The Hall–Kier alpha value is -1.03. The van der Waals surface area contributed by atoms with Crippen LogP contribution >= 0.6 is 11.6 Å². The Morgan fingerprint density at radius 1 is 1.44 bits per heavy atom. The molecule has 0 spiro atoms. The van der Waals surface area contributed by atoms with E-state index in [0.717, 1.165) is 19.4 Å². The summed E-state index contributed by atoms with van der Waals surface area (Å²) in [6, 6.07) is 0. The summed E-state index contributed by atoms with van der Waals surface area (Å²) in [5, 5.41) is 7.53. The number of anilines is 1. The Balaban J connectivity index is 2.84. The Morgan fingerprint density at radius 3 is 2.67 bits per heavy atom. The van der Waals surface area contributed by atoms with Gasteiger partial charge in [0.1, 0.15) is 5.02 Å². The predicted molar refractivity (Wildman–Crippen MR) is 76.4 cm³/mol. The average molecular weight is 272 g/mol. The first-order chi connectivity index (χ1) is 8.35. The topological polar surface area (TPSA) is 46.9 Å². The molecule has 0 fully saturated rings. The number of nitrogens with one attached hydrogen (secondary N) is 1. The van der Waals surface area contributed by atoms with Crippen LogP contribution in [-0.4, -0.2) is 16.3 Å². The van der Waals surface area contributed by atoms with E-state index in [1.165, 1.54) is 4.68 Å². The third-order valence-electron chi connectivity index (χ3n) is 2.52. The molecule has 0 amide bonds. The maximum absolute atomic E-state index is 11.9. The number of hydrogen-bond acceptors (Lipinski definition) is 3. The third-order valence-corrected chi connectivity index (χ3v) is 2.88. The van der Waals surface area contributed by atoms with Crippen LogP contribution in [-0.2, 0) is 6.54 Å². The largest absolute Gasteiger partial charge is 0.382 e. The predicted octanol–water partition coefficient (Wildman–Crippen LogP) is 3.15. The third kappa shape index (κ3) is 4.33. The lowest BCUT2D eigenvalue weighted by Crippen LogP contribution is -2.26. The van der Waals surface area contributed by atoms with Crippen molar-refractivity contribution in [2.75, 3.05) is 11.9 Å². The fraction of sp³-hybridized carbons (Fsp3) is 0.692. The minimum Gasteiger partial charge on any atom is -0.382 e. The molecular formula is C13H22ClN3O. The maximum atomic E-state index is 11.9. The van der Waals surface area contributed by atoms with E-state index in [0.29, 0.717) is 12.2 Å². The number of unbranched alkanes of at least 4 members (excludes halogenated alkanes) is 1. The van der Waals surface area contributed by atoms with Crippen LogP contribution in [0.1, 0.15) is 40.5 Å². The van der Waals surface area contributed by atoms with Crippen molar-refractivity contribution in [1.29, 1.82) is 0 Å². The molecule has 0 aliphatic rings. The zero-order valence-corrected chi connectivity index (χ0v) is 12.3. The zero-order chi connectivity index (χ0) is 13.8. The maximum Gasteiger partial charge on any atom is 0.287 e. The van der Waals surface area contributed by atoms with Crippen LogP contribution in [0.25, 0.3) is 0 Å². The van der Waals surface area contributed by atoms with Crippen LogP contribution in [0, 0.1) is 5.41 Å². The molecule has 0 aromatic carbocycles. The van der Waals surface area contributed by atoms with Gasteiger partial charge < -0.3 is 5.32 Å². The van der Waals surface area contributed by atoms with E-state index >= 15 is 0 Å². The van der Waals surface area contributed by atoms with Crippen molar-refractivity contribution < 1.29 is 0 Å². The minimum atomic E-state index is -0.218. The van der Waals surface area contributed by atoms with E-state index in [9.17, 15) is 4.79 Å². The molecule has 0 radical (unpaired) electrons. The number of halogens is 1. The molecule has 0 saturated carbocycles. The monoisotopic (exact) mass is 271 g/mol. The van der Waals surface area contributed by atoms with Gasteiger partial charge >= 0.3 is 0 Å². The molecule has 5 heteroatoms. The number of aryl methyl sites for hydroxylation is 1. The molecule has 18 heavy (non-hydrogen) atoms. The normalized spacial score (nSPS) is 11.6. The molecule has 1 rings (SSSR count). The fourth-order valence-electron chi connectivity index (χ4n) is 1.42. The number of nitrogens with zero attached hydrogens (tertiary/aromatic N) is 2. The van der Waals surface area contributed by atoms with Crippen LogP contribution in [0.5, 0.6) is 0 Å². The van der Waals surface area contributed by atoms with E-state index in [1.807, 2.05) is 0 Å². The van der Waals surface area contributed by atoms with Crippen molar-refractivity contribution in [2.45, 2.75) is 47.1 Å². The van der Waals surface area contributed by atoms with Gasteiger partial charge in [-0.25, -0.2) is 4.68 Å². The first-order valence-electron chi connectivity index (χ1n) is 6.34. The second-order valence-electron chi connectivity index (χ2n) is 5.67. The highest BCUT2D eigenvalue weighted by Crippen LogP contribution is 2.19. The Labute approximate surface area is 113 Å². The zero-order valence-electron chi connectivity index (χ0n) is 11.6. The first-order valence-corrected chi connectivity index (χ1v) is 6.72. The van der Waals surface area contributed by atoms with E-state index in [1.54, 1.807) is 6.20 Å². The number of rotatable bonds is 5. The quantitative estimate of drug-likeness (QED) is 0.895. The van der Waals surface area contributed by atoms with E-state index < -0.39 is 0 Å². The average Bonchev–Trinajstić information content (AvgIpc) is 2.28. The summed E-state index contributed by atoms with van der Waals surface area (Å²) in [4.78, 5) is 11.9. The highest BCUT2D eigenvalue weighted by molar-refractivity contribution is 6.32. The van der Waals surface area contributed by atoms with Crippen LogP contribution in [0.2, 0.25) is 5.02 Å². The smallest absolute Gasteiger partial charge is 0.287 e. The van der Waals surface area contributed by atoms with E-state index in [4.69, 9.17) is 11.6 Å². The number of aromatic nitrogens is 2. The summed E-state index contributed by atoms with van der Waals surface area (Å²) in [5.74, 6) is 0. The summed E-state index contributed by atoms with van der Waals surface area (Å²) >= 11 is 6.07. The molecule has 0 unspecified atom stereocenters. The summed E-state index contributed by atoms with van der Waals surface area (Å²) in [7, 11) is 0. The SMILES string of the molecule is CCCCn1ncc(NCC(C)(C)C)c(Cl)c1=O. The molecule has 0 atom stereocenters. The van der Waals surface area contributed by atoms with Gasteiger partial charge in [-0.2, -0.15) is 5.10 Å². The fourth-order valence-corrected chi connectivity index (χ4v) is 1.63. The molecule has 0 aliphatic heterocycles. The van der Waals surface area contributed by atoms with Crippen molar-refractivity contribution in [3.63, 3.8) is 0 Å². The van der Waals surface area contributed by atoms with E-state index in [2.05, 4.69) is 38.1 Å². The van der Waals surface area contributed by atoms with Gasteiger partial charge in [-0.3, -0.25) is 4.79 Å². The molecule has 1 heterocycles. The highest BCUT2D eigenvalue weighted by Gasteiger charge is 2.13. The summed E-state index contributed by atoms with van der Waals surface area (Å²) in [6.45, 7) is 9.78. The van der Waals surface area contributed by atoms with Crippen molar-refractivity contribution in [2.24, 2.45) is 5.41 Å². The highest BCUT2D eigenvalue weighted by atomic mass is 35.5. The summed E-state index contributed by atoms with van der Waals surface area (Å²) < 4.78 is 1.42. The van der Waals surface area contributed by atoms with Gasteiger partial charge in [0.15, 0.2) is 0 Å². The van der Waals surface area contributed by atoms with Crippen molar-refractivity contribution in [3.8, 4) is 0 Å². The standard InChI is InChI=1S/C13H22ClN3O/c1-5-6-7-17-12(18)11(14)10(8-16-17)15-9-13(2,3)4/h8,15H,5-7,9H2,1-4H3. The molecule has 102 valence electrons. The summed E-state index contributed by atoms with van der Waals surface area (Å²) in [6.07, 6.45) is 3.58. The minimum absolute atomic E-state index is 0.125. The first kappa shape index (κ1) is 15.0. The van der Waals surface area contributed by atoms with Gasteiger partial charge in [0, 0.05) is 13.1 Å². The molecule has 1 aromatic heterocycles. The van der Waals surface area contributed by atoms with Crippen LogP contribution in [0.15, 0.2) is 11.0 Å². The summed E-state index contributed by atoms with van der Waals surface area (Å²) in [5.41, 5.74) is 0.522. The van der Waals surface area contributed by atoms with Gasteiger partial charge in [-0.15, -0.1) is 0 Å². The van der Waals surface area contributed by atoms with Crippen molar-refractivity contribution in [1.82, 2.24) is 9.78 Å². The van der Waals surface area contributed by atoms with Crippen LogP contribution < -0.4 is 10.9 Å². The van der Waals surface area contributed by atoms with Gasteiger partial charge in [0.25, 0.3) is 5.56 Å². The number of hydrogen-bond donors (Lipinski definition) is 1. The molecule has 1 aromatic rings. The molecular weight excluding hydrogens is 250 g/mol. The van der Waals surface area contributed by atoms with Gasteiger partial charge in [0.2, 0.25) is 0 Å².